The fourth-order valence-electron chi connectivity index (χ4n) is 3.54. The molecule has 0 radical (unpaired) electrons. The molecule has 1 fully saturated rings. The molecule has 9 heteroatoms. The van der Waals surface area contributed by atoms with E-state index in [1.54, 1.807) is 29.9 Å². The highest BCUT2D eigenvalue weighted by molar-refractivity contribution is 5.94. The van der Waals surface area contributed by atoms with Crippen molar-refractivity contribution >= 4 is 17.4 Å². The van der Waals surface area contributed by atoms with E-state index >= 15 is 0 Å². The monoisotopic (exact) mass is 449 g/mol. The Morgan fingerprint density at radius 1 is 1.45 bits per heavy atom. The second-order valence-electron chi connectivity index (χ2n) is 10.1. The van der Waals surface area contributed by atoms with Crippen molar-refractivity contribution in [2.75, 3.05) is 5.73 Å². The molecule has 33 heavy (non-hydrogen) atoms. The minimum absolute atomic E-state index is 0.0964. The largest absolute Gasteiger partial charge is 0.494 e. The summed E-state index contributed by atoms with van der Waals surface area (Å²) in [4.78, 5) is 17.0. The lowest BCUT2D eigenvalue weighted by Crippen LogP contribution is -2.28. The van der Waals surface area contributed by atoms with Crippen LogP contribution < -0.4 is 11.1 Å². The number of hydrogen-bond acceptors (Lipinski definition) is 7. The highest BCUT2D eigenvalue weighted by atomic mass is 16.3. The number of carbonyl (C=O) groups is 1. The second kappa shape index (κ2) is 8.70. The first-order chi connectivity index (χ1) is 15.3. The van der Waals surface area contributed by atoms with Crippen molar-refractivity contribution in [1.82, 2.24) is 20.1 Å². The van der Waals surface area contributed by atoms with Gasteiger partial charge in [0.15, 0.2) is 5.88 Å². The summed E-state index contributed by atoms with van der Waals surface area (Å²) in [6.07, 6.45) is 5.19. The van der Waals surface area contributed by atoms with E-state index in [0.29, 0.717) is 34.8 Å². The SMILES string of the molecule is CC(C(=O)N/C(O)=C/C(=N)CC(C)(C)C)c1ccc(-c2nn(C3(C)CC3)c(N)c2C#N)nc1. The normalized spacial score (nSPS) is 16.1. The zero-order chi connectivity index (χ0) is 24.6. The number of nitrogens with two attached hydrogens (primary N) is 1. The first-order valence-corrected chi connectivity index (χ1v) is 10.9. The van der Waals surface area contributed by atoms with Crippen LogP contribution in [0.1, 0.15) is 70.9 Å². The number of nitriles is 1. The number of nitrogens with zero attached hydrogens (tertiary/aromatic N) is 4. The molecule has 0 bridgehead atoms. The van der Waals surface area contributed by atoms with Gasteiger partial charge in [-0.05, 0) is 50.2 Å². The van der Waals surface area contributed by atoms with E-state index in [-0.39, 0.29) is 22.5 Å². The Balaban J connectivity index is 1.73. The number of amides is 1. The van der Waals surface area contributed by atoms with Gasteiger partial charge in [-0.3, -0.25) is 15.1 Å². The molecular formula is C24H31N7O2. The van der Waals surface area contributed by atoms with Gasteiger partial charge >= 0.3 is 0 Å². The molecule has 1 atom stereocenters. The Bertz CT molecular complexity index is 1140. The fraction of sp³-hybridized carbons (Fsp3) is 0.458. The summed E-state index contributed by atoms with van der Waals surface area (Å²) in [5.41, 5.74) is 7.99. The fourth-order valence-corrected chi connectivity index (χ4v) is 3.54. The minimum Gasteiger partial charge on any atom is -0.494 e. The van der Waals surface area contributed by atoms with Gasteiger partial charge in [-0.2, -0.15) is 10.4 Å². The third-order valence-corrected chi connectivity index (χ3v) is 5.72. The first kappa shape index (κ1) is 24.0. The lowest BCUT2D eigenvalue weighted by atomic mass is 9.89. The Labute approximate surface area is 193 Å². The number of nitrogens with one attached hydrogen (secondary N) is 2. The lowest BCUT2D eigenvalue weighted by Gasteiger charge is -2.17. The zero-order valence-electron chi connectivity index (χ0n) is 19.7. The van der Waals surface area contributed by atoms with Crippen molar-refractivity contribution in [2.24, 2.45) is 5.41 Å². The van der Waals surface area contributed by atoms with Crippen LogP contribution in [-0.2, 0) is 10.3 Å². The summed E-state index contributed by atoms with van der Waals surface area (Å²) in [6, 6.07) is 5.57. The quantitative estimate of drug-likeness (QED) is 0.370. The van der Waals surface area contributed by atoms with E-state index < -0.39 is 11.8 Å². The van der Waals surface area contributed by atoms with Crippen molar-refractivity contribution in [1.29, 1.82) is 10.7 Å². The van der Waals surface area contributed by atoms with Crippen LogP contribution in [0.5, 0.6) is 0 Å². The lowest BCUT2D eigenvalue weighted by molar-refractivity contribution is -0.122. The molecule has 1 aliphatic carbocycles. The van der Waals surface area contributed by atoms with Crippen molar-refractivity contribution in [3.05, 3.63) is 41.4 Å². The van der Waals surface area contributed by atoms with E-state index in [1.165, 1.54) is 6.08 Å². The standard InChI is InChI=1S/C24H31N7O2/c1-14(22(33)29-19(32)10-16(26)11-23(2,3)4)15-6-7-18(28-13-15)20-17(12-25)21(27)31(30-20)24(5)8-9-24/h6-7,10,13-14,26,32H,8-9,11,27H2,1-5H3,(H,29,33)/b19-10-,26-16?. The molecule has 1 unspecified atom stereocenters. The third kappa shape index (κ3) is 5.40. The number of nitrogen functional groups attached to an aromatic ring is 1. The van der Waals surface area contributed by atoms with Gasteiger partial charge < -0.3 is 16.2 Å². The number of aromatic nitrogens is 3. The summed E-state index contributed by atoms with van der Waals surface area (Å²) in [5.74, 6) is -1.04. The molecule has 2 aromatic rings. The Morgan fingerprint density at radius 3 is 2.64 bits per heavy atom. The van der Waals surface area contributed by atoms with Crippen LogP contribution in [0.3, 0.4) is 0 Å². The highest BCUT2D eigenvalue weighted by Crippen LogP contribution is 2.45. The predicted molar refractivity (Wildman–Crippen MR) is 127 cm³/mol. The number of rotatable bonds is 7. The van der Waals surface area contributed by atoms with Crippen molar-refractivity contribution in [2.45, 2.75) is 65.3 Å². The maximum absolute atomic E-state index is 12.6. The molecular weight excluding hydrogens is 418 g/mol. The predicted octanol–water partition coefficient (Wildman–Crippen LogP) is 3.98. The van der Waals surface area contributed by atoms with Crippen LogP contribution in [0.25, 0.3) is 11.4 Å². The summed E-state index contributed by atoms with van der Waals surface area (Å²) < 4.78 is 1.71. The van der Waals surface area contributed by atoms with Crippen molar-refractivity contribution in [3.63, 3.8) is 0 Å². The molecule has 0 aliphatic heterocycles. The topological polar surface area (TPSA) is 154 Å². The maximum atomic E-state index is 12.6. The van der Waals surface area contributed by atoms with E-state index in [1.807, 2.05) is 27.7 Å². The van der Waals surface area contributed by atoms with Gasteiger partial charge in [-0.1, -0.05) is 26.8 Å². The van der Waals surface area contributed by atoms with Gasteiger partial charge in [0, 0.05) is 18.0 Å². The smallest absolute Gasteiger partial charge is 0.233 e. The molecule has 174 valence electrons. The number of allylic oxidation sites excluding steroid dienone is 1. The van der Waals surface area contributed by atoms with Gasteiger partial charge in [0.05, 0.1) is 17.2 Å². The molecule has 0 aromatic carbocycles. The first-order valence-electron chi connectivity index (χ1n) is 10.9. The van der Waals surface area contributed by atoms with Crippen LogP contribution in [0, 0.1) is 22.2 Å². The Kier molecular flexibility index (Phi) is 6.32. The zero-order valence-corrected chi connectivity index (χ0v) is 19.7. The number of carbonyl (C=O) groups excluding carboxylic acids is 1. The molecule has 9 nitrogen and oxygen atoms in total. The molecule has 3 rings (SSSR count). The second-order valence-corrected chi connectivity index (χ2v) is 10.1. The summed E-state index contributed by atoms with van der Waals surface area (Å²) in [6.45, 7) is 9.73. The van der Waals surface area contributed by atoms with Crippen LogP contribution in [0.2, 0.25) is 0 Å². The van der Waals surface area contributed by atoms with Crippen molar-refractivity contribution < 1.29 is 9.90 Å². The summed E-state index contributed by atoms with van der Waals surface area (Å²) in [7, 11) is 0. The van der Waals surface area contributed by atoms with Gasteiger partial charge in [-0.25, -0.2) is 4.68 Å². The molecule has 1 saturated carbocycles. The van der Waals surface area contributed by atoms with E-state index in [0.717, 1.165) is 12.8 Å². The summed E-state index contributed by atoms with van der Waals surface area (Å²) >= 11 is 0. The van der Waals surface area contributed by atoms with Crippen LogP contribution in [0.4, 0.5) is 5.82 Å². The van der Waals surface area contributed by atoms with E-state index in [4.69, 9.17) is 11.1 Å². The number of aliphatic hydroxyl groups excluding tert-OH is 1. The van der Waals surface area contributed by atoms with Gasteiger partial charge in [0.2, 0.25) is 5.91 Å². The molecule has 1 aliphatic rings. The molecule has 2 aromatic heterocycles. The Hall–Kier alpha value is -3.67. The van der Waals surface area contributed by atoms with Crippen LogP contribution >= 0.6 is 0 Å². The van der Waals surface area contributed by atoms with Gasteiger partial charge in [-0.15, -0.1) is 0 Å². The van der Waals surface area contributed by atoms with Gasteiger partial charge in [0.25, 0.3) is 0 Å². The molecule has 5 N–H and O–H groups in total. The van der Waals surface area contributed by atoms with E-state index in [9.17, 15) is 15.2 Å². The highest BCUT2D eigenvalue weighted by Gasteiger charge is 2.43. The molecule has 1 amide bonds. The average molecular weight is 450 g/mol. The molecule has 0 saturated heterocycles. The van der Waals surface area contributed by atoms with E-state index in [2.05, 4.69) is 21.5 Å². The molecule has 2 heterocycles. The Morgan fingerprint density at radius 2 is 2.12 bits per heavy atom. The third-order valence-electron chi connectivity index (χ3n) is 5.72. The maximum Gasteiger partial charge on any atom is 0.233 e. The van der Waals surface area contributed by atoms with Crippen LogP contribution in [-0.4, -0.2) is 31.5 Å². The number of anilines is 1. The minimum atomic E-state index is -0.595. The average Bonchev–Trinajstić information content (AvgIpc) is 3.36. The van der Waals surface area contributed by atoms with Crippen molar-refractivity contribution in [3.8, 4) is 17.5 Å². The van der Waals surface area contributed by atoms with Crippen LogP contribution in [0.15, 0.2) is 30.3 Å². The molecule has 0 spiro atoms. The number of hydrogen-bond donors (Lipinski definition) is 4. The number of aliphatic hydroxyl groups is 1. The number of pyridine rings is 1. The van der Waals surface area contributed by atoms with Gasteiger partial charge in [0.1, 0.15) is 23.1 Å². The summed E-state index contributed by atoms with van der Waals surface area (Å²) in [5, 5.41) is 34.6.